The average molecular weight is 301 g/mol. The molecule has 0 saturated heterocycles. The van der Waals surface area contributed by atoms with Crippen LogP contribution >= 0.6 is 0 Å². The summed E-state index contributed by atoms with van der Waals surface area (Å²) in [5, 5.41) is 18.9. The molecule has 3 aromatic rings. The molecule has 106 valence electrons. The normalized spacial score (nSPS) is 11.7. The van der Waals surface area contributed by atoms with Crippen molar-refractivity contribution in [3.05, 3.63) is 60.8 Å². The Labute approximate surface area is 122 Å². The summed E-state index contributed by atoms with van der Waals surface area (Å²) in [5.41, 5.74) is 0.806. The maximum atomic E-state index is 12.6. The smallest absolute Gasteiger partial charge is 0.423 e. The topological polar surface area (TPSA) is 79.5 Å². The Hall–Kier alpha value is -2.09. The second-order valence-corrected chi connectivity index (χ2v) is 6.44. The molecule has 3 rings (SSSR count). The lowest BCUT2D eigenvalue weighted by Gasteiger charge is -2.08. The third kappa shape index (κ3) is 2.35. The Kier molecular flexibility index (Phi) is 3.33. The zero-order chi connectivity index (χ0) is 15.0. The van der Waals surface area contributed by atoms with Crippen LogP contribution in [0.2, 0.25) is 0 Å². The first-order chi connectivity index (χ1) is 10.00. The van der Waals surface area contributed by atoms with E-state index in [4.69, 9.17) is 10.0 Å². The molecule has 0 amide bonds. The summed E-state index contributed by atoms with van der Waals surface area (Å²) in [6, 6.07) is 14.4. The number of aromatic nitrogens is 1. The lowest BCUT2D eigenvalue weighted by Crippen LogP contribution is -2.29. The lowest BCUT2D eigenvalue weighted by molar-refractivity contribution is 0.426. The summed E-state index contributed by atoms with van der Waals surface area (Å²) in [7, 11) is -5.24. The zero-order valence-electron chi connectivity index (χ0n) is 10.9. The first-order valence-corrected chi connectivity index (χ1v) is 7.72. The van der Waals surface area contributed by atoms with Crippen LogP contribution in [0.1, 0.15) is 0 Å². The second-order valence-electron chi connectivity index (χ2n) is 4.62. The van der Waals surface area contributed by atoms with E-state index in [9.17, 15) is 8.42 Å². The second kappa shape index (κ2) is 5.03. The van der Waals surface area contributed by atoms with Gasteiger partial charge in [0.2, 0.25) is 0 Å². The molecule has 0 unspecified atom stereocenters. The van der Waals surface area contributed by atoms with Crippen LogP contribution in [-0.4, -0.2) is 29.6 Å². The highest BCUT2D eigenvalue weighted by Gasteiger charge is 2.19. The molecule has 1 aromatic heterocycles. The van der Waals surface area contributed by atoms with Gasteiger partial charge in [-0.05, 0) is 29.7 Å². The van der Waals surface area contributed by atoms with Crippen LogP contribution in [-0.2, 0) is 10.0 Å². The Morgan fingerprint density at radius 1 is 0.952 bits per heavy atom. The molecule has 0 bridgehead atoms. The summed E-state index contributed by atoms with van der Waals surface area (Å²) in [5.74, 6) is 0. The van der Waals surface area contributed by atoms with Crippen molar-refractivity contribution in [2.45, 2.75) is 4.90 Å². The van der Waals surface area contributed by atoms with Gasteiger partial charge >= 0.3 is 7.12 Å². The maximum absolute atomic E-state index is 12.6. The Bertz CT molecular complexity index is 888. The van der Waals surface area contributed by atoms with E-state index in [1.807, 2.05) is 0 Å². The summed E-state index contributed by atoms with van der Waals surface area (Å²) in [6.45, 7) is 0. The predicted octanol–water partition coefficient (Wildman–Crippen LogP) is 0.558. The molecule has 2 aromatic carbocycles. The van der Waals surface area contributed by atoms with Gasteiger partial charge in [0.1, 0.15) is 0 Å². The van der Waals surface area contributed by atoms with E-state index < -0.39 is 17.1 Å². The minimum atomic E-state index is -3.66. The highest BCUT2D eigenvalue weighted by Crippen LogP contribution is 2.21. The molecule has 0 spiro atoms. The monoisotopic (exact) mass is 301 g/mol. The molecule has 0 fully saturated rings. The van der Waals surface area contributed by atoms with Gasteiger partial charge in [0.15, 0.2) is 0 Å². The molecule has 0 atom stereocenters. The van der Waals surface area contributed by atoms with Crippen LogP contribution in [0.15, 0.2) is 65.7 Å². The molecule has 0 aliphatic rings. The Balaban J connectivity index is 2.18. The van der Waals surface area contributed by atoms with Crippen molar-refractivity contribution in [2.75, 3.05) is 0 Å². The van der Waals surface area contributed by atoms with Crippen LogP contribution in [0.4, 0.5) is 0 Å². The van der Waals surface area contributed by atoms with Crippen LogP contribution in [0.5, 0.6) is 0 Å². The minimum Gasteiger partial charge on any atom is -0.423 e. The number of fused-ring (bicyclic) bond motifs is 1. The van der Waals surface area contributed by atoms with Crippen molar-refractivity contribution >= 4 is 33.5 Å². The molecule has 0 saturated carbocycles. The third-order valence-corrected chi connectivity index (χ3v) is 4.98. The molecule has 0 radical (unpaired) electrons. The van der Waals surface area contributed by atoms with Crippen molar-refractivity contribution in [1.82, 2.24) is 3.97 Å². The average Bonchev–Trinajstić information content (AvgIpc) is 2.91. The number of hydrogen-bond acceptors (Lipinski definition) is 4. The summed E-state index contributed by atoms with van der Waals surface area (Å²) in [4.78, 5) is 0.203. The van der Waals surface area contributed by atoms with Gasteiger partial charge in [-0.1, -0.05) is 30.3 Å². The van der Waals surface area contributed by atoms with Gasteiger partial charge in [-0.25, -0.2) is 12.4 Å². The predicted molar refractivity (Wildman–Crippen MR) is 80.8 cm³/mol. The van der Waals surface area contributed by atoms with E-state index in [0.717, 1.165) is 0 Å². The van der Waals surface area contributed by atoms with E-state index in [1.54, 1.807) is 36.4 Å². The van der Waals surface area contributed by atoms with Crippen LogP contribution < -0.4 is 5.46 Å². The molecule has 0 aliphatic heterocycles. The number of nitrogens with zero attached hydrogens (tertiary/aromatic N) is 1. The van der Waals surface area contributed by atoms with Gasteiger partial charge in [0.05, 0.1) is 10.4 Å². The van der Waals surface area contributed by atoms with Gasteiger partial charge in [0.25, 0.3) is 10.0 Å². The fraction of sp³-hybridized carbons (Fsp3) is 0. The standard InChI is InChI=1S/C14H12BNO4S/c17-15(18)12-6-7-14-11(10-12)8-9-16(14)21(19,20)13-4-2-1-3-5-13/h1-10,17-18H. The van der Waals surface area contributed by atoms with E-state index in [0.29, 0.717) is 16.4 Å². The Morgan fingerprint density at radius 3 is 2.33 bits per heavy atom. The first-order valence-electron chi connectivity index (χ1n) is 6.28. The molecule has 21 heavy (non-hydrogen) atoms. The third-order valence-electron chi connectivity index (χ3n) is 3.28. The SMILES string of the molecule is O=S(=O)(c1ccccc1)n1ccc2cc(B(O)O)ccc21. The van der Waals surface area contributed by atoms with E-state index >= 15 is 0 Å². The summed E-state index contributed by atoms with van der Waals surface area (Å²) in [6.07, 6.45) is 1.46. The fourth-order valence-electron chi connectivity index (χ4n) is 2.21. The van der Waals surface area contributed by atoms with Gasteiger partial charge in [-0.2, -0.15) is 0 Å². The lowest BCUT2D eigenvalue weighted by atomic mass is 9.80. The van der Waals surface area contributed by atoms with E-state index in [1.165, 1.54) is 28.4 Å². The van der Waals surface area contributed by atoms with Crippen LogP contribution in [0.25, 0.3) is 10.9 Å². The van der Waals surface area contributed by atoms with Crippen molar-refractivity contribution in [3.8, 4) is 0 Å². The summed E-state index contributed by atoms with van der Waals surface area (Å²) >= 11 is 0. The van der Waals surface area contributed by atoms with Gasteiger partial charge in [-0.3, -0.25) is 0 Å². The zero-order valence-corrected chi connectivity index (χ0v) is 11.7. The highest BCUT2D eigenvalue weighted by atomic mass is 32.2. The first kappa shape index (κ1) is 13.9. The minimum absolute atomic E-state index is 0.203. The van der Waals surface area contributed by atoms with Crippen LogP contribution in [0, 0.1) is 0 Å². The molecule has 7 heteroatoms. The molecule has 0 aliphatic carbocycles. The number of benzene rings is 2. The van der Waals surface area contributed by atoms with Crippen LogP contribution in [0.3, 0.4) is 0 Å². The van der Waals surface area contributed by atoms with Crippen molar-refractivity contribution in [2.24, 2.45) is 0 Å². The molecular formula is C14H12BNO4S. The van der Waals surface area contributed by atoms with Gasteiger partial charge in [-0.15, -0.1) is 0 Å². The molecular weight excluding hydrogens is 289 g/mol. The quantitative estimate of drug-likeness (QED) is 0.693. The van der Waals surface area contributed by atoms with Crippen molar-refractivity contribution < 1.29 is 18.5 Å². The number of hydrogen-bond donors (Lipinski definition) is 2. The van der Waals surface area contributed by atoms with Gasteiger partial charge in [0, 0.05) is 11.6 Å². The van der Waals surface area contributed by atoms with E-state index in [2.05, 4.69) is 0 Å². The molecule has 1 heterocycles. The fourth-order valence-corrected chi connectivity index (χ4v) is 3.59. The molecule has 2 N–H and O–H groups in total. The summed E-state index contributed by atoms with van der Waals surface area (Å²) < 4.78 is 26.4. The maximum Gasteiger partial charge on any atom is 0.488 e. The van der Waals surface area contributed by atoms with Gasteiger partial charge < -0.3 is 10.0 Å². The number of rotatable bonds is 3. The largest absolute Gasteiger partial charge is 0.488 e. The van der Waals surface area contributed by atoms with Crippen molar-refractivity contribution in [1.29, 1.82) is 0 Å². The van der Waals surface area contributed by atoms with E-state index in [-0.39, 0.29) is 4.90 Å². The highest BCUT2D eigenvalue weighted by molar-refractivity contribution is 7.90. The molecule has 5 nitrogen and oxygen atoms in total. The van der Waals surface area contributed by atoms with Crippen molar-refractivity contribution in [3.63, 3.8) is 0 Å². The Morgan fingerprint density at radius 2 is 1.67 bits per heavy atom.